The molecule has 31 heavy (non-hydrogen) atoms. The highest BCUT2D eigenvalue weighted by atomic mass is 16.5. The Bertz CT molecular complexity index is 1080. The smallest absolute Gasteiger partial charge is 0.274 e. The molecule has 3 atom stereocenters. The minimum Gasteiger partial charge on any atom is -0.462 e. The minimum absolute atomic E-state index is 0.114. The highest BCUT2D eigenvalue weighted by Crippen LogP contribution is 2.32. The fraction of sp³-hybridized carbons (Fsp3) is 0.435. The van der Waals surface area contributed by atoms with Crippen molar-refractivity contribution in [2.75, 3.05) is 36.5 Å². The van der Waals surface area contributed by atoms with Gasteiger partial charge in [0.2, 0.25) is 0 Å². The molecule has 3 aromatic heterocycles. The zero-order valence-corrected chi connectivity index (χ0v) is 17.6. The third-order valence-corrected chi connectivity index (χ3v) is 6.13. The number of carbonyl (C=O) groups is 1. The zero-order valence-electron chi connectivity index (χ0n) is 17.6. The van der Waals surface area contributed by atoms with E-state index in [4.69, 9.17) is 14.9 Å². The number of fused-ring (bicyclic) bond motifs is 1. The lowest BCUT2D eigenvalue weighted by atomic mass is 9.96. The second-order valence-electron chi connectivity index (χ2n) is 8.65. The van der Waals surface area contributed by atoms with Gasteiger partial charge in [-0.25, -0.2) is 4.98 Å². The van der Waals surface area contributed by atoms with E-state index in [2.05, 4.69) is 27.1 Å². The molecule has 5 heterocycles. The molecule has 1 unspecified atom stereocenters. The maximum Gasteiger partial charge on any atom is 0.274 e. The molecule has 0 bridgehead atoms. The highest BCUT2D eigenvalue weighted by Gasteiger charge is 2.26. The number of nitrogens with two attached hydrogens (primary N) is 1. The van der Waals surface area contributed by atoms with Crippen molar-refractivity contribution in [3.63, 3.8) is 0 Å². The first-order valence-corrected chi connectivity index (χ1v) is 10.8. The summed E-state index contributed by atoms with van der Waals surface area (Å²) in [7, 11) is 0. The second-order valence-corrected chi connectivity index (χ2v) is 8.65. The maximum atomic E-state index is 13.1. The molecular formula is C23H27N5O3. The van der Waals surface area contributed by atoms with Crippen molar-refractivity contribution >= 4 is 28.4 Å². The molecule has 8 nitrogen and oxygen atoms in total. The first-order valence-electron chi connectivity index (χ1n) is 10.8. The van der Waals surface area contributed by atoms with E-state index >= 15 is 0 Å². The standard InChI is InChI=1S/C23H27N5O3/c1-14-8-16(24)11-28(10-14)20-4-6-25-9-19(20)27-23(29)18-2-3-21-22(26-18)17(13-31-21)15-5-7-30-12-15/h2-4,6,9,13-16H,5,7-8,10-12,24H2,1H3,(H,27,29)/t14-,15?,16+/m1/s1. The van der Waals surface area contributed by atoms with Gasteiger partial charge in [-0.3, -0.25) is 9.78 Å². The van der Waals surface area contributed by atoms with Gasteiger partial charge in [0.15, 0.2) is 5.58 Å². The Morgan fingerprint density at radius 2 is 2.19 bits per heavy atom. The number of hydrogen-bond donors (Lipinski definition) is 2. The van der Waals surface area contributed by atoms with Gasteiger partial charge in [-0.15, -0.1) is 0 Å². The van der Waals surface area contributed by atoms with E-state index in [-0.39, 0.29) is 17.9 Å². The van der Waals surface area contributed by atoms with Crippen molar-refractivity contribution in [3.8, 4) is 0 Å². The monoisotopic (exact) mass is 421 g/mol. The molecule has 2 aliphatic heterocycles. The number of nitrogens with one attached hydrogen (secondary N) is 1. The van der Waals surface area contributed by atoms with Crippen LogP contribution < -0.4 is 16.0 Å². The summed E-state index contributed by atoms with van der Waals surface area (Å²) >= 11 is 0. The number of carbonyl (C=O) groups excluding carboxylic acids is 1. The largest absolute Gasteiger partial charge is 0.462 e. The van der Waals surface area contributed by atoms with E-state index in [1.807, 2.05) is 6.07 Å². The number of rotatable bonds is 4. The van der Waals surface area contributed by atoms with E-state index in [1.54, 1.807) is 30.8 Å². The molecule has 0 aromatic carbocycles. The summed E-state index contributed by atoms with van der Waals surface area (Å²) in [6.07, 6.45) is 7.09. The lowest BCUT2D eigenvalue weighted by Crippen LogP contribution is -2.46. The number of aromatic nitrogens is 2. The van der Waals surface area contributed by atoms with Crippen LogP contribution >= 0.6 is 0 Å². The van der Waals surface area contributed by atoms with Crippen LogP contribution in [0.4, 0.5) is 11.4 Å². The van der Waals surface area contributed by atoms with Crippen molar-refractivity contribution in [2.24, 2.45) is 11.7 Å². The molecule has 0 spiro atoms. The Morgan fingerprint density at radius 1 is 1.29 bits per heavy atom. The Labute approximate surface area is 180 Å². The molecule has 2 saturated heterocycles. The van der Waals surface area contributed by atoms with Crippen molar-refractivity contribution in [3.05, 3.63) is 48.1 Å². The summed E-state index contributed by atoms with van der Waals surface area (Å²) in [6.45, 7) is 5.24. The third-order valence-electron chi connectivity index (χ3n) is 6.13. The van der Waals surface area contributed by atoms with E-state index in [9.17, 15) is 4.79 Å². The number of amides is 1. The van der Waals surface area contributed by atoms with Gasteiger partial charge in [-0.2, -0.15) is 0 Å². The average Bonchev–Trinajstić information content (AvgIpc) is 3.42. The van der Waals surface area contributed by atoms with Gasteiger partial charge in [-0.1, -0.05) is 6.92 Å². The number of nitrogens with zero attached hydrogens (tertiary/aromatic N) is 3. The summed E-state index contributed by atoms with van der Waals surface area (Å²) in [6, 6.07) is 5.52. The van der Waals surface area contributed by atoms with Crippen LogP contribution in [0.15, 0.2) is 41.3 Å². The molecule has 3 aromatic rings. The normalized spacial score (nSPS) is 23.9. The lowest BCUT2D eigenvalue weighted by molar-refractivity contribution is 0.102. The van der Waals surface area contributed by atoms with Crippen molar-refractivity contribution in [2.45, 2.75) is 31.7 Å². The number of furan rings is 1. The van der Waals surface area contributed by atoms with Crippen LogP contribution in [-0.2, 0) is 4.74 Å². The fourth-order valence-corrected chi connectivity index (χ4v) is 4.67. The summed E-state index contributed by atoms with van der Waals surface area (Å²) in [4.78, 5) is 24.1. The van der Waals surface area contributed by atoms with Gasteiger partial charge in [-0.05, 0) is 37.0 Å². The molecule has 1 amide bonds. The summed E-state index contributed by atoms with van der Waals surface area (Å²) in [5.41, 5.74) is 10.6. The molecule has 2 aliphatic rings. The molecule has 2 fully saturated rings. The summed E-state index contributed by atoms with van der Waals surface area (Å²) < 4.78 is 11.2. The molecule has 162 valence electrons. The Balaban J connectivity index is 1.40. The van der Waals surface area contributed by atoms with E-state index in [0.29, 0.717) is 29.5 Å². The first kappa shape index (κ1) is 20.0. The summed E-state index contributed by atoms with van der Waals surface area (Å²) in [5, 5.41) is 3.00. The van der Waals surface area contributed by atoms with Crippen molar-refractivity contribution < 1.29 is 13.9 Å². The predicted molar refractivity (Wildman–Crippen MR) is 118 cm³/mol. The molecule has 0 aliphatic carbocycles. The van der Waals surface area contributed by atoms with E-state index in [1.165, 1.54) is 0 Å². The maximum absolute atomic E-state index is 13.1. The number of pyridine rings is 2. The Kier molecular flexibility index (Phi) is 5.33. The van der Waals surface area contributed by atoms with Gasteiger partial charge in [0.25, 0.3) is 5.91 Å². The molecule has 3 N–H and O–H groups in total. The van der Waals surface area contributed by atoms with E-state index in [0.717, 1.165) is 49.3 Å². The minimum atomic E-state index is -0.277. The SMILES string of the molecule is C[C@@H]1C[C@H](N)CN(c2ccncc2NC(=O)c2ccc3occ(C4CCOC4)c3n2)C1. The highest BCUT2D eigenvalue weighted by molar-refractivity contribution is 6.05. The number of piperidine rings is 1. The quantitative estimate of drug-likeness (QED) is 0.666. The van der Waals surface area contributed by atoms with Crippen LogP contribution in [-0.4, -0.2) is 48.2 Å². The van der Waals surface area contributed by atoms with Crippen LogP contribution in [0, 0.1) is 5.92 Å². The number of ether oxygens (including phenoxy) is 1. The molecule has 5 rings (SSSR count). The first-order chi connectivity index (χ1) is 15.1. The third kappa shape index (κ3) is 4.00. The second kappa shape index (κ2) is 8.28. The molecular weight excluding hydrogens is 394 g/mol. The average molecular weight is 422 g/mol. The summed E-state index contributed by atoms with van der Waals surface area (Å²) in [5.74, 6) is 0.464. The van der Waals surface area contributed by atoms with Gasteiger partial charge < -0.3 is 25.1 Å². The van der Waals surface area contributed by atoms with Gasteiger partial charge >= 0.3 is 0 Å². The van der Waals surface area contributed by atoms with Crippen LogP contribution in [0.25, 0.3) is 11.1 Å². The van der Waals surface area contributed by atoms with Crippen LogP contribution in [0.1, 0.15) is 41.7 Å². The zero-order chi connectivity index (χ0) is 21.4. The van der Waals surface area contributed by atoms with Crippen molar-refractivity contribution in [1.29, 1.82) is 0 Å². The van der Waals surface area contributed by atoms with Crippen molar-refractivity contribution in [1.82, 2.24) is 9.97 Å². The number of anilines is 2. The fourth-order valence-electron chi connectivity index (χ4n) is 4.67. The topological polar surface area (TPSA) is 107 Å². The van der Waals surface area contributed by atoms with Crippen LogP contribution in [0.5, 0.6) is 0 Å². The molecule has 8 heteroatoms. The Morgan fingerprint density at radius 3 is 3.00 bits per heavy atom. The van der Waals surface area contributed by atoms with E-state index < -0.39 is 0 Å². The van der Waals surface area contributed by atoms with Crippen LogP contribution in [0.3, 0.4) is 0 Å². The van der Waals surface area contributed by atoms with Gasteiger partial charge in [0.1, 0.15) is 11.2 Å². The van der Waals surface area contributed by atoms with Gasteiger partial charge in [0, 0.05) is 43.4 Å². The molecule has 0 radical (unpaired) electrons. The number of hydrogen-bond acceptors (Lipinski definition) is 7. The van der Waals surface area contributed by atoms with Crippen LogP contribution in [0.2, 0.25) is 0 Å². The molecule has 0 saturated carbocycles. The Hall–Kier alpha value is -2.97. The predicted octanol–water partition coefficient (Wildman–Crippen LogP) is 3.15. The van der Waals surface area contributed by atoms with Gasteiger partial charge in [0.05, 0.1) is 30.4 Å². The lowest BCUT2D eigenvalue weighted by Gasteiger charge is -2.37.